The second-order valence-corrected chi connectivity index (χ2v) is 9.89. The zero-order valence-electron chi connectivity index (χ0n) is 19.6. The van der Waals surface area contributed by atoms with Crippen molar-refractivity contribution < 1.29 is 9.59 Å². The molecule has 2 fully saturated rings. The minimum Gasteiger partial charge on any atom is -0.335 e. The van der Waals surface area contributed by atoms with E-state index in [1.54, 1.807) is 0 Å². The van der Waals surface area contributed by atoms with Crippen molar-refractivity contribution in [3.05, 3.63) is 36.2 Å². The third kappa shape index (κ3) is 5.96. The Labute approximate surface area is 200 Å². The van der Waals surface area contributed by atoms with Crippen LogP contribution in [-0.4, -0.2) is 49.8 Å². The summed E-state index contributed by atoms with van der Waals surface area (Å²) >= 11 is 1.45. The highest BCUT2D eigenvalue weighted by Gasteiger charge is 2.27. The highest BCUT2D eigenvalue weighted by molar-refractivity contribution is 7.99. The average molecular weight is 470 g/mol. The van der Waals surface area contributed by atoms with Crippen molar-refractivity contribution in [2.75, 3.05) is 17.2 Å². The highest BCUT2D eigenvalue weighted by atomic mass is 32.2. The SMILES string of the molecule is CCn1c(CN2CCCCCC2=O)nnc1SCC(=O)N(c1ccccc1)C1CCCCC1. The number of rotatable bonds is 8. The van der Waals surface area contributed by atoms with Crippen molar-refractivity contribution in [1.82, 2.24) is 19.7 Å². The van der Waals surface area contributed by atoms with Gasteiger partial charge in [0.2, 0.25) is 11.8 Å². The average Bonchev–Trinajstić information content (AvgIpc) is 3.12. The Balaban J connectivity index is 1.45. The Morgan fingerprint density at radius 2 is 1.82 bits per heavy atom. The van der Waals surface area contributed by atoms with Crippen molar-refractivity contribution in [3.63, 3.8) is 0 Å². The van der Waals surface area contributed by atoms with E-state index in [1.165, 1.54) is 31.0 Å². The first-order valence-corrected chi connectivity index (χ1v) is 13.4. The number of hydrogen-bond acceptors (Lipinski definition) is 5. The first-order chi connectivity index (χ1) is 16.2. The lowest BCUT2D eigenvalue weighted by Crippen LogP contribution is -2.42. The zero-order valence-corrected chi connectivity index (χ0v) is 20.4. The van der Waals surface area contributed by atoms with Gasteiger partial charge in [0.15, 0.2) is 11.0 Å². The van der Waals surface area contributed by atoms with Crippen LogP contribution in [-0.2, 0) is 22.7 Å². The summed E-state index contributed by atoms with van der Waals surface area (Å²) in [7, 11) is 0. The number of anilines is 1. The van der Waals surface area contributed by atoms with Crippen LogP contribution in [0.3, 0.4) is 0 Å². The number of benzene rings is 1. The lowest BCUT2D eigenvalue weighted by atomic mass is 9.93. The second-order valence-electron chi connectivity index (χ2n) is 8.95. The van der Waals surface area contributed by atoms with Crippen LogP contribution in [0, 0.1) is 0 Å². The first-order valence-electron chi connectivity index (χ1n) is 12.4. The lowest BCUT2D eigenvalue weighted by Gasteiger charge is -2.34. The van der Waals surface area contributed by atoms with Gasteiger partial charge in [-0.3, -0.25) is 9.59 Å². The maximum atomic E-state index is 13.4. The number of amides is 2. The number of thioether (sulfide) groups is 1. The van der Waals surface area contributed by atoms with Gasteiger partial charge in [0.25, 0.3) is 0 Å². The Hall–Kier alpha value is -2.35. The van der Waals surface area contributed by atoms with Crippen LogP contribution in [0.15, 0.2) is 35.5 Å². The number of carbonyl (C=O) groups is 2. The lowest BCUT2D eigenvalue weighted by molar-refractivity contribution is -0.131. The normalized spacial score (nSPS) is 17.7. The summed E-state index contributed by atoms with van der Waals surface area (Å²) in [4.78, 5) is 29.7. The molecule has 0 radical (unpaired) electrons. The van der Waals surface area contributed by atoms with Crippen molar-refractivity contribution in [3.8, 4) is 0 Å². The standard InChI is InChI=1S/C25H35N5O2S/c1-2-29-22(18-28-17-11-5-10-16-23(28)31)26-27-25(29)33-19-24(32)30(20-12-6-3-7-13-20)21-14-8-4-9-15-21/h3,6-7,12-13,21H,2,4-5,8-11,14-19H2,1H3. The van der Waals surface area contributed by atoms with E-state index in [2.05, 4.69) is 17.1 Å². The molecule has 0 N–H and O–H groups in total. The number of hydrogen-bond donors (Lipinski definition) is 0. The molecular formula is C25H35N5O2S. The molecule has 2 heterocycles. The van der Waals surface area contributed by atoms with Crippen LogP contribution in [0.2, 0.25) is 0 Å². The summed E-state index contributed by atoms with van der Waals surface area (Å²) in [6.07, 6.45) is 9.46. The number of aromatic nitrogens is 3. The molecule has 1 aliphatic carbocycles. The maximum Gasteiger partial charge on any atom is 0.237 e. The topological polar surface area (TPSA) is 71.3 Å². The number of likely N-dealkylation sites (tertiary alicyclic amines) is 1. The molecule has 0 spiro atoms. The molecule has 1 saturated heterocycles. The summed E-state index contributed by atoms with van der Waals surface area (Å²) in [6, 6.07) is 10.3. The number of para-hydroxylation sites is 1. The summed E-state index contributed by atoms with van der Waals surface area (Å²) in [5.74, 6) is 1.45. The fraction of sp³-hybridized carbons (Fsp3) is 0.600. The third-order valence-corrected chi connectivity index (χ3v) is 7.63. The van der Waals surface area contributed by atoms with Crippen LogP contribution in [0.25, 0.3) is 0 Å². The number of carbonyl (C=O) groups excluding carboxylic acids is 2. The van der Waals surface area contributed by atoms with Gasteiger partial charge < -0.3 is 14.4 Å². The molecule has 0 bridgehead atoms. The van der Waals surface area contributed by atoms with Gasteiger partial charge in [0.1, 0.15) is 0 Å². The van der Waals surface area contributed by atoms with Crippen molar-refractivity contribution in [2.24, 2.45) is 0 Å². The molecule has 2 aromatic rings. The van der Waals surface area contributed by atoms with E-state index >= 15 is 0 Å². The van der Waals surface area contributed by atoms with Gasteiger partial charge in [-0.15, -0.1) is 10.2 Å². The molecular weight excluding hydrogens is 434 g/mol. The fourth-order valence-electron chi connectivity index (χ4n) is 4.92. The minimum atomic E-state index is 0.119. The quantitative estimate of drug-likeness (QED) is 0.526. The van der Waals surface area contributed by atoms with E-state index < -0.39 is 0 Å². The fourth-order valence-corrected chi connectivity index (χ4v) is 5.80. The monoisotopic (exact) mass is 469 g/mol. The minimum absolute atomic E-state index is 0.119. The van der Waals surface area contributed by atoms with E-state index in [0.717, 1.165) is 55.3 Å². The molecule has 1 aliphatic heterocycles. The molecule has 4 rings (SSSR count). The molecule has 0 unspecified atom stereocenters. The Morgan fingerprint density at radius 1 is 1.06 bits per heavy atom. The summed E-state index contributed by atoms with van der Waals surface area (Å²) in [5.41, 5.74) is 0.979. The molecule has 1 aromatic carbocycles. The van der Waals surface area contributed by atoms with Gasteiger partial charge in [-0.25, -0.2) is 0 Å². The second kappa shape index (κ2) is 11.7. The van der Waals surface area contributed by atoms with Gasteiger partial charge in [0, 0.05) is 31.2 Å². The van der Waals surface area contributed by atoms with Gasteiger partial charge in [0.05, 0.1) is 12.3 Å². The van der Waals surface area contributed by atoms with Gasteiger partial charge in [-0.1, -0.05) is 55.6 Å². The van der Waals surface area contributed by atoms with Crippen molar-refractivity contribution >= 4 is 29.3 Å². The molecule has 2 aliphatic rings. The highest BCUT2D eigenvalue weighted by Crippen LogP contribution is 2.29. The predicted octanol–water partition coefficient (Wildman–Crippen LogP) is 4.66. The van der Waals surface area contributed by atoms with Crippen LogP contribution in [0.4, 0.5) is 5.69 Å². The molecule has 1 aromatic heterocycles. The van der Waals surface area contributed by atoms with Crippen molar-refractivity contribution in [1.29, 1.82) is 0 Å². The van der Waals surface area contributed by atoms with Gasteiger partial charge in [-0.2, -0.15) is 0 Å². The summed E-state index contributed by atoms with van der Waals surface area (Å²) in [5, 5.41) is 9.52. The van der Waals surface area contributed by atoms with Crippen LogP contribution in [0.1, 0.15) is 70.5 Å². The molecule has 2 amide bonds. The van der Waals surface area contributed by atoms with E-state index in [4.69, 9.17) is 0 Å². The molecule has 1 saturated carbocycles. The predicted molar refractivity (Wildman–Crippen MR) is 131 cm³/mol. The molecule has 178 valence electrons. The Bertz CT molecular complexity index is 926. The smallest absolute Gasteiger partial charge is 0.237 e. The molecule has 0 atom stereocenters. The Kier molecular flexibility index (Phi) is 8.42. The van der Waals surface area contributed by atoms with Crippen molar-refractivity contribution in [2.45, 2.75) is 89.0 Å². The van der Waals surface area contributed by atoms with Crippen LogP contribution >= 0.6 is 11.8 Å². The van der Waals surface area contributed by atoms with E-state index in [1.807, 2.05) is 44.7 Å². The number of nitrogens with zero attached hydrogens (tertiary/aromatic N) is 5. The Morgan fingerprint density at radius 3 is 2.58 bits per heavy atom. The molecule has 8 heteroatoms. The van der Waals surface area contributed by atoms with E-state index in [-0.39, 0.29) is 17.9 Å². The van der Waals surface area contributed by atoms with Crippen LogP contribution < -0.4 is 4.90 Å². The summed E-state index contributed by atoms with van der Waals surface area (Å²) < 4.78 is 2.05. The first kappa shape index (κ1) is 23.8. The molecule has 7 nitrogen and oxygen atoms in total. The van der Waals surface area contributed by atoms with Gasteiger partial charge >= 0.3 is 0 Å². The zero-order chi connectivity index (χ0) is 23.0. The van der Waals surface area contributed by atoms with Gasteiger partial charge in [-0.05, 0) is 44.7 Å². The van der Waals surface area contributed by atoms with Crippen LogP contribution in [0.5, 0.6) is 0 Å². The van der Waals surface area contributed by atoms with E-state index in [0.29, 0.717) is 25.3 Å². The molecule has 33 heavy (non-hydrogen) atoms. The maximum absolute atomic E-state index is 13.4. The van der Waals surface area contributed by atoms with E-state index in [9.17, 15) is 9.59 Å². The summed E-state index contributed by atoms with van der Waals surface area (Å²) in [6.45, 7) is 4.05. The third-order valence-electron chi connectivity index (χ3n) is 6.68. The largest absolute Gasteiger partial charge is 0.335 e.